The summed E-state index contributed by atoms with van der Waals surface area (Å²) in [4.78, 5) is 31.0. The van der Waals surface area contributed by atoms with E-state index in [2.05, 4.69) is 20.5 Å². The number of anilines is 2. The van der Waals surface area contributed by atoms with E-state index in [1.807, 2.05) is 19.1 Å². The number of amides is 2. The quantitative estimate of drug-likeness (QED) is 0.836. The first kappa shape index (κ1) is 17.8. The van der Waals surface area contributed by atoms with E-state index in [1.165, 1.54) is 6.20 Å². The van der Waals surface area contributed by atoms with Crippen LogP contribution in [0.25, 0.3) is 0 Å². The molecule has 1 fully saturated rings. The first-order valence-electron chi connectivity index (χ1n) is 8.07. The predicted molar refractivity (Wildman–Crippen MR) is 101 cm³/mol. The smallest absolute Gasteiger partial charge is 0.267 e. The molecule has 1 saturated heterocycles. The second kappa shape index (κ2) is 7.95. The zero-order valence-electron chi connectivity index (χ0n) is 13.8. The summed E-state index contributed by atoms with van der Waals surface area (Å²) in [5.74, 6) is -0.404. The number of carbonyl (C=O) groups excluding carboxylic acids is 2. The van der Waals surface area contributed by atoms with Crippen LogP contribution in [0.4, 0.5) is 10.8 Å². The van der Waals surface area contributed by atoms with Crippen molar-refractivity contribution in [3.05, 3.63) is 39.9 Å². The van der Waals surface area contributed by atoms with Gasteiger partial charge in [0.15, 0.2) is 5.13 Å². The van der Waals surface area contributed by atoms with E-state index in [4.69, 9.17) is 11.6 Å². The SMILES string of the molecule is Cc1cccc(Cl)c1NC(=O)c1cnc(NC(=O)CN2CCCC2)s1. The van der Waals surface area contributed by atoms with Crippen molar-refractivity contribution < 1.29 is 9.59 Å². The number of nitrogens with one attached hydrogen (secondary N) is 2. The molecule has 0 spiro atoms. The molecule has 0 unspecified atom stereocenters. The Morgan fingerprint density at radius 1 is 1.28 bits per heavy atom. The van der Waals surface area contributed by atoms with Crippen LogP contribution in [0.3, 0.4) is 0 Å². The fraction of sp³-hybridized carbons (Fsp3) is 0.353. The largest absolute Gasteiger partial charge is 0.320 e. The third-order valence-corrected chi connectivity index (χ3v) is 5.23. The molecule has 3 rings (SSSR count). The summed E-state index contributed by atoms with van der Waals surface area (Å²) >= 11 is 7.27. The van der Waals surface area contributed by atoms with E-state index in [0.717, 1.165) is 42.8 Å². The van der Waals surface area contributed by atoms with Crippen LogP contribution in [-0.2, 0) is 4.79 Å². The van der Waals surface area contributed by atoms with Gasteiger partial charge in [-0.15, -0.1) is 0 Å². The van der Waals surface area contributed by atoms with Crippen molar-refractivity contribution >= 4 is 45.6 Å². The summed E-state index contributed by atoms with van der Waals surface area (Å²) in [6, 6.07) is 5.42. The number of halogens is 1. The van der Waals surface area contributed by atoms with Crippen LogP contribution in [0.5, 0.6) is 0 Å². The fourth-order valence-corrected chi connectivity index (χ4v) is 3.70. The highest BCUT2D eigenvalue weighted by molar-refractivity contribution is 7.17. The molecular weight excluding hydrogens is 360 g/mol. The standard InChI is InChI=1S/C17H19ClN4O2S/c1-11-5-4-6-12(18)15(11)21-16(24)13-9-19-17(25-13)20-14(23)10-22-7-2-3-8-22/h4-6,9H,2-3,7-8,10H2,1H3,(H,21,24)(H,19,20,23). The Kier molecular flexibility index (Phi) is 5.67. The van der Waals surface area contributed by atoms with Gasteiger partial charge in [-0.3, -0.25) is 14.5 Å². The van der Waals surface area contributed by atoms with Gasteiger partial charge in [-0.2, -0.15) is 0 Å². The first-order chi connectivity index (χ1) is 12.0. The molecule has 2 amide bonds. The number of aromatic nitrogens is 1. The Labute approximate surface area is 155 Å². The molecule has 8 heteroatoms. The number of carbonyl (C=O) groups is 2. The normalized spacial score (nSPS) is 14.5. The predicted octanol–water partition coefficient (Wildman–Crippen LogP) is 3.39. The molecule has 2 heterocycles. The van der Waals surface area contributed by atoms with Crippen LogP contribution in [0.2, 0.25) is 5.02 Å². The van der Waals surface area contributed by atoms with Crippen molar-refractivity contribution in [1.82, 2.24) is 9.88 Å². The highest BCUT2D eigenvalue weighted by Crippen LogP contribution is 2.27. The van der Waals surface area contributed by atoms with Gasteiger partial charge in [0, 0.05) is 0 Å². The molecule has 0 bridgehead atoms. The molecule has 6 nitrogen and oxygen atoms in total. The van der Waals surface area contributed by atoms with Crippen molar-refractivity contribution in [3.8, 4) is 0 Å². The van der Waals surface area contributed by atoms with Gasteiger partial charge in [-0.1, -0.05) is 35.1 Å². The van der Waals surface area contributed by atoms with Crippen molar-refractivity contribution in [1.29, 1.82) is 0 Å². The second-order valence-electron chi connectivity index (χ2n) is 5.95. The lowest BCUT2D eigenvalue weighted by atomic mass is 10.2. The molecule has 25 heavy (non-hydrogen) atoms. The number of aryl methyl sites for hydroxylation is 1. The monoisotopic (exact) mass is 378 g/mol. The minimum atomic E-state index is -0.297. The Hall–Kier alpha value is -1.96. The minimum Gasteiger partial charge on any atom is -0.320 e. The lowest BCUT2D eigenvalue weighted by Crippen LogP contribution is -2.30. The summed E-state index contributed by atoms with van der Waals surface area (Å²) in [5, 5.41) is 6.46. The van der Waals surface area contributed by atoms with Gasteiger partial charge < -0.3 is 10.6 Å². The first-order valence-corrected chi connectivity index (χ1v) is 9.27. The minimum absolute atomic E-state index is 0.106. The van der Waals surface area contributed by atoms with Gasteiger partial charge in [0.05, 0.1) is 23.5 Å². The average Bonchev–Trinajstić information content (AvgIpc) is 3.23. The summed E-state index contributed by atoms with van der Waals surface area (Å²) in [6.07, 6.45) is 3.73. The van der Waals surface area contributed by atoms with Crippen LogP contribution in [0, 0.1) is 6.92 Å². The summed E-state index contributed by atoms with van der Waals surface area (Å²) < 4.78 is 0. The zero-order valence-corrected chi connectivity index (χ0v) is 15.4. The Balaban J connectivity index is 1.60. The molecule has 0 atom stereocenters. The number of hydrogen-bond acceptors (Lipinski definition) is 5. The maximum absolute atomic E-state index is 12.4. The second-order valence-corrected chi connectivity index (χ2v) is 7.38. The van der Waals surface area contributed by atoms with E-state index in [0.29, 0.717) is 27.3 Å². The molecule has 0 saturated carbocycles. The van der Waals surface area contributed by atoms with E-state index >= 15 is 0 Å². The number of benzene rings is 1. The summed E-state index contributed by atoms with van der Waals surface area (Å²) in [5.41, 5.74) is 1.46. The molecule has 2 aromatic rings. The molecule has 2 N–H and O–H groups in total. The van der Waals surface area contributed by atoms with E-state index < -0.39 is 0 Å². The molecule has 132 valence electrons. The number of hydrogen-bond donors (Lipinski definition) is 2. The molecule has 0 aliphatic carbocycles. The van der Waals surface area contributed by atoms with E-state index in [1.54, 1.807) is 6.07 Å². The number of nitrogens with zero attached hydrogens (tertiary/aromatic N) is 2. The molecule has 1 aromatic heterocycles. The molecule has 1 aromatic carbocycles. The fourth-order valence-electron chi connectivity index (χ4n) is 2.70. The van der Waals surface area contributed by atoms with Gasteiger partial charge >= 0.3 is 0 Å². The third kappa shape index (κ3) is 4.56. The van der Waals surface area contributed by atoms with Crippen molar-refractivity contribution in [2.75, 3.05) is 30.3 Å². The van der Waals surface area contributed by atoms with E-state index in [9.17, 15) is 9.59 Å². The number of likely N-dealkylation sites (tertiary alicyclic amines) is 1. The maximum Gasteiger partial charge on any atom is 0.267 e. The maximum atomic E-state index is 12.4. The van der Waals surface area contributed by atoms with Gasteiger partial charge in [0.2, 0.25) is 5.91 Å². The van der Waals surface area contributed by atoms with Crippen LogP contribution in [0.15, 0.2) is 24.4 Å². The highest BCUT2D eigenvalue weighted by Gasteiger charge is 2.17. The third-order valence-electron chi connectivity index (χ3n) is 4.00. The number of thiazole rings is 1. The zero-order chi connectivity index (χ0) is 17.8. The molecule has 0 radical (unpaired) electrons. The average molecular weight is 379 g/mol. The van der Waals surface area contributed by atoms with Crippen LogP contribution >= 0.6 is 22.9 Å². The van der Waals surface area contributed by atoms with Gasteiger partial charge in [0.25, 0.3) is 5.91 Å². The summed E-state index contributed by atoms with van der Waals surface area (Å²) in [6.45, 7) is 4.14. The molecular formula is C17H19ClN4O2S. The van der Waals surface area contributed by atoms with Crippen LogP contribution < -0.4 is 10.6 Å². The highest BCUT2D eigenvalue weighted by atomic mass is 35.5. The molecule has 1 aliphatic rings. The Morgan fingerprint density at radius 3 is 2.76 bits per heavy atom. The van der Waals surface area contributed by atoms with Crippen molar-refractivity contribution in [3.63, 3.8) is 0 Å². The van der Waals surface area contributed by atoms with Gasteiger partial charge in [-0.25, -0.2) is 4.98 Å². The Morgan fingerprint density at radius 2 is 2.04 bits per heavy atom. The summed E-state index contributed by atoms with van der Waals surface area (Å²) in [7, 11) is 0. The Bertz CT molecular complexity index is 766. The van der Waals surface area contributed by atoms with Gasteiger partial charge in [0.1, 0.15) is 4.88 Å². The lowest BCUT2D eigenvalue weighted by molar-refractivity contribution is -0.117. The van der Waals surface area contributed by atoms with Gasteiger partial charge in [-0.05, 0) is 44.5 Å². The van der Waals surface area contributed by atoms with Crippen molar-refractivity contribution in [2.24, 2.45) is 0 Å². The van der Waals surface area contributed by atoms with Crippen molar-refractivity contribution in [2.45, 2.75) is 19.8 Å². The van der Waals surface area contributed by atoms with E-state index in [-0.39, 0.29) is 11.8 Å². The lowest BCUT2D eigenvalue weighted by Gasteiger charge is -2.12. The van der Waals surface area contributed by atoms with Crippen LogP contribution in [-0.4, -0.2) is 41.3 Å². The van der Waals surface area contributed by atoms with Crippen LogP contribution in [0.1, 0.15) is 28.1 Å². The number of para-hydroxylation sites is 1. The topological polar surface area (TPSA) is 74.3 Å². The number of rotatable bonds is 5. The molecule has 1 aliphatic heterocycles.